The molecule has 1 heterocycles. The zero-order valence-corrected chi connectivity index (χ0v) is 4.14. The fourth-order valence-electron chi connectivity index (χ4n) is 0.303. The summed E-state index contributed by atoms with van der Waals surface area (Å²) in [6, 6.07) is 1.34. The van der Waals surface area contributed by atoms with Crippen molar-refractivity contribution in [3.63, 3.8) is 0 Å². The fraction of sp³-hybridized carbons (Fsp3) is 0. The summed E-state index contributed by atoms with van der Waals surface area (Å²) in [7, 11) is 0. The van der Waals surface area contributed by atoms with Gasteiger partial charge in [0.05, 0.1) is 0 Å². The zero-order chi connectivity index (χ0) is 5.28. The predicted molar refractivity (Wildman–Crippen MR) is 26.3 cm³/mol. The van der Waals surface area contributed by atoms with Gasteiger partial charge < -0.3 is 0 Å². The van der Waals surface area contributed by atoms with Gasteiger partial charge in [-0.1, -0.05) is 0 Å². The van der Waals surface area contributed by atoms with Crippen LogP contribution in [0.5, 0.6) is 0 Å². The summed E-state index contributed by atoms with van der Waals surface area (Å²) in [4.78, 5) is 10.2. The van der Waals surface area contributed by atoms with Crippen LogP contribution in [0.2, 0.25) is 0 Å². The molecule has 0 aliphatic heterocycles. The van der Waals surface area contributed by atoms with Gasteiger partial charge in [0.2, 0.25) is 0 Å². The molecule has 0 atom stereocenters. The van der Waals surface area contributed by atoms with Crippen LogP contribution in [0.1, 0.15) is 0 Å². The molecule has 38 valence electrons. The van der Waals surface area contributed by atoms with E-state index in [1.165, 1.54) is 12.3 Å². The van der Waals surface area contributed by atoms with Gasteiger partial charge in [-0.2, -0.15) is 4.20 Å². The maximum absolute atomic E-state index is 10.2. The van der Waals surface area contributed by atoms with Crippen LogP contribution in [-0.2, 0) is 0 Å². The summed E-state index contributed by atoms with van der Waals surface area (Å²) < 4.78 is 0.875. The number of rotatable bonds is 0. The van der Waals surface area contributed by atoms with E-state index in [0.29, 0.717) is 0 Å². The van der Waals surface area contributed by atoms with Gasteiger partial charge in [0, 0.05) is 24.0 Å². The van der Waals surface area contributed by atoms with Crippen LogP contribution in [0.4, 0.5) is 0 Å². The summed E-state index contributed by atoms with van der Waals surface area (Å²) in [5.41, 5.74) is -0.235. The highest BCUT2D eigenvalue weighted by Gasteiger charge is 1.83. The Kier molecular flexibility index (Phi) is 0.906. The SMILES string of the molecule is O=c1cc[nH]n1Cl. The van der Waals surface area contributed by atoms with Crippen LogP contribution >= 0.6 is 11.8 Å². The van der Waals surface area contributed by atoms with Crippen molar-refractivity contribution in [2.45, 2.75) is 0 Å². The van der Waals surface area contributed by atoms with Gasteiger partial charge in [-0.15, -0.1) is 0 Å². The maximum Gasteiger partial charge on any atom is 0.281 e. The lowest BCUT2D eigenvalue weighted by Gasteiger charge is -1.74. The summed E-state index contributed by atoms with van der Waals surface area (Å²) in [5.74, 6) is 0. The Morgan fingerprint density at radius 2 is 2.57 bits per heavy atom. The molecule has 1 aromatic heterocycles. The molecule has 7 heavy (non-hydrogen) atoms. The Balaban J connectivity index is 3.39. The van der Waals surface area contributed by atoms with Gasteiger partial charge in [0.1, 0.15) is 0 Å². The molecule has 0 saturated carbocycles. The number of hydrogen-bond donors (Lipinski definition) is 1. The molecule has 3 nitrogen and oxygen atoms in total. The van der Waals surface area contributed by atoms with Gasteiger partial charge in [0.25, 0.3) is 5.56 Å². The first kappa shape index (κ1) is 4.46. The van der Waals surface area contributed by atoms with Gasteiger partial charge in [0.15, 0.2) is 0 Å². The number of aromatic amines is 1. The largest absolute Gasteiger partial charge is 0.288 e. The van der Waals surface area contributed by atoms with Gasteiger partial charge in [-0.3, -0.25) is 9.89 Å². The maximum atomic E-state index is 10.2. The van der Waals surface area contributed by atoms with E-state index in [4.69, 9.17) is 11.8 Å². The Morgan fingerprint density at radius 3 is 2.71 bits per heavy atom. The molecule has 0 bridgehead atoms. The van der Waals surface area contributed by atoms with Gasteiger partial charge in [-0.05, 0) is 0 Å². The van der Waals surface area contributed by atoms with E-state index in [2.05, 4.69) is 5.10 Å². The first-order valence-corrected chi connectivity index (χ1v) is 2.07. The van der Waals surface area contributed by atoms with Gasteiger partial charge >= 0.3 is 0 Å². The molecule has 0 radical (unpaired) electrons. The third kappa shape index (κ3) is 0.667. The Morgan fingerprint density at radius 1 is 1.86 bits per heavy atom. The van der Waals surface area contributed by atoms with Crippen LogP contribution in [-0.4, -0.2) is 9.30 Å². The van der Waals surface area contributed by atoms with E-state index in [1.54, 1.807) is 0 Å². The standard InChI is InChI=1S/C3H3ClN2O/c4-6-3(7)1-2-5-6/h1-2,5H. The van der Waals surface area contributed by atoms with Crippen molar-refractivity contribution >= 4 is 11.8 Å². The number of nitrogens with one attached hydrogen (secondary N) is 1. The second kappa shape index (κ2) is 1.42. The van der Waals surface area contributed by atoms with E-state index < -0.39 is 0 Å². The highest BCUT2D eigenvalue weighted by Crippen LogP contribution is 1.73. The minimum Gasteiger partial charge on any atom is -0.288 e. The predicted octanol–water partition coefficient (Wildman–Crippen LogP) is 0.178. The molecule has 0 aliphatic carbocycles. The Hall–Kier alpha value is -0.700. The molecule has 0 amide bonds. The van der Waals surface area contributed by atoms with Gasteiger partial charge in [-0.25, -0.2) is 0 Å². The zero-order valence-electron chi connectivity index (χ0n) is 3.39. The van der Waals surface area contributed by atoms with Crippen molar-refractivity contribution in [1.82, 2.24) is 9.30 Å². The van der Waals surface area contributed by atoms with E-state index in [-0.39, 0.29) is 5.56 Å². The molecule has 0 aromatic carbocycles. The van der Waals surface area contributed by atoms with E-state index in [0.717, 1.165) is 4.20 Å². The van der Waals surface area contributed by atoms with E-state index in [1.807, 2.05) is 0 Å². The van der Waals surface area contributed by atoms with Crippen molar-refractivity contribution < 1.29 is 0 Å². The smallest absolute Gasteiger partial charge is 0.281 e. The lowest BCUT2D eigenvalue weighted by atomic mass is 10.7. The molecule has 1 aromatic rings. The molecule has 0 unspecified atom stereocenters. The van der Waals surface area contributed by atoms with Crippen LogP contribution in [0.15, 0.2) is 17.1 Å². The van der Waals surface area contributed by atoms with E-state index in [9.17, 15) is 4.79 Å². The average Bonchev–Trinajstić information content (AvgIpc) is 1.91. The Bertz CT molecular complexity index is 201. The summed E-state index contributed by atoms with van der Waals surface area (Å²) in [6.07, 6.45) is 1.47. The molecule has 4 heteroatoms. The lowest BCUT2D eigenvalue weighted by Crippen LogP contribution is -2.04. The monoisotopic (exact) mass is 118 g/mol. The molecular formula is C3H3ClN2O. The van der Waals surface area contributed by atoms with Crippen molar-refractivity contribution in [3.8, 4) is 0 Å². The third-order valence-corrected chi connectivity index (χ3v) is 0.871. The number of H-pyrrole nitrogens is 1. The molecule has 0 saturated heterocycles. The second-order valence-corrected chi connectivity index (χ2v) is 1.42. The molecule has 0 fully saturated rings. The Labute approximate surface area is 44.6 Å². The summed E-state index contributed by atoms with van der Waals surface area (Å²) in [6.45, 7) is 0. The first-order chi connectivity index (χ1) is 3.30. The summed E-state index contributed by atoms with van der Waals surface area (Å²) in [5, 5.41) is 2.44. The molecule has 0 aliphatic rings. The number of hydrogen-bond acceptors (Lipinski definition) is 1. The van der Waals surface area contributed by atoms with Crippen molar-refractivity contribution in [1.29, 1.82) is 0 Å². The van der Waals surface area contributed by atoms with Crippen LogP contribution in [0.3, 0.4) is 0 Å². The minimum absolute atomic E-state index is 0.235. The molecule has 1 rings (SSSR count). The average molecular weight is 119 g/mol. The molecular weight excluding hydrogens is 115 g/mol. The molecule has 1 N–H and O–H groups in total. The van der Waals surface area contributed by atoms with E-state index >= 15 is 0 Å². The summed E-state index contributed by atoms with van der Waals surface area (Å²) >= 11 is 5.17. The topological polar surface area (TPSA) is 37.8 Å². The molecule has 0 spiro atoms. The van der Waals surface area contributed by atoms with Crippen LogP contribution < -0.4 is 5.56 Å². The highest BCUT2D eigenvalue weighted by molar-refractivity contribution is 6.14. The fourth-order valence-corrected chi connectivity index (χ4v) is 0.416. The quantitative estimate of drug-likeness (QED) is 0.519. The minimum atomic E-state index is -0.235. The number of nitrogens with zero attached hydrogens (tertiary/aromatic N) is 1. The van der Waals surface area contributed by atoms with Crippen LogP contribution in [0, 0.1) is 0 Å². The lowest BCUT2D eigenvalue weighted by molar-refractivity contribution is 0.959. The first-order valence-electron chi connectivity index (χ1n) is 1.73. The second-order valence-electron chi connectivity index (χ2n) is 1.08. The normalized spacial score (nSPS) is 9.29. The van der Waals surface area contributed by atoms with Crippen molar-refractivity contribution in [3.05, 3.63) is 22.6 Å². The van der Waals surface area contributed by atoms with Crippen molar-refractivity contribution in [2.24, 2.45) is 0 Å². The third-order valence-electron chi connectivity index (χ3n) is 0.607. The van der Waals surface area contributed by atoms with Crippen LogP contribution in [0.25, 0.3) is 0 Å². The van der Waals surface area contributed by atoms with Crippen molar-refractivity contribution in [2.75, 3.05) is 0 Å². The number of halogens is 1. The number of aromatic nitrogens is 2. The highest BCUT2D eigenvalue weighted by atomic mass is 35.5.